The summed E-state index contributed by atoms with van der Waals surface area (Å²) in [6, 6.07) is 0. The molecule has 0 N–H and O–H groups in total. The third kappa shape index (κ3) is 0.642. The zero-order valence-corrected chi connectivity index (χ0v) is 5.46. The maximum absolute atomic E-state index is 4.20. The number of rotatable bonds is 0. The van der Waals surface area contributed by atoms with Crippen molar-refractivity contribution in [1.82, 2.24) is 15.0 Å². The maximum Gasteiger partial charge on any atom is 0.0859 e. The summed E-state index contributed by atoms with van der Waals surface area (Å²) in [6.07, 6.45) is 3.50. The fourth-order valence-corrected chi connectivity index (χ4v) is 1.30. The molecule has 0 aromatic carbocycles. The molecule has 9 heavy (non-hydrogen) atoms. The van der Waals surface area contributed by atoms with Crippen LogP contribution in [0.4, 0.5) is 0 Å². The van der Waals surface area contributed by atoms with Crippen LogP contribution in [0.15, 0.2) is 0 Å². The topological polar surface area (TPSA) is 30.7 Å². The van der Waals surface area contributed by atoms with Gasteiger partial charge in [0.15, 0.2) is 0 Å². The van der Waals surface area contributed by atoms with Crippen molar-refractivity contribution in [2.24, 2.45) is 7.05 Å². The molecule has 1 aliphatic carbocycles. The summed E-state index contributed by atoms with van der Waals surface area (Å²) >= 11 is 0. The smallest absolute Gasteiger partial charge is 0.0859 e. The highest BCUT2D eigenvalue weighted by Gasteiger charge is 2.14. The van der Waals surface area contributed by atoms with Crippen LogP contribution in [0.1, 0.15) is 17.8 Å². The van der Waals surface area contributed by atoms with E-state index in [0.29, 0.717) is 0 Å². The normalized spacial score (nSPS) is 16.1. The van der Waals surface area contributed by atoms with E-state index in [2.05, 4.69) is 10.2 Å². The Bertz CT molecular complexity index is 205. The van der Waals surface area contributed by atoms with Gasteiger partial charge < -0.3 is 0 Å². The Morgan fingerprint density at radius 3 is 2.33 bits per heavy atom. The molecule has 0 aliphatic heterocycles. The van der Waals surface area contributed by atoms with E-state index in [1.54, 1.807) is 4.80 Å². The second-order valence-electron chi connectivity index (χ2n) is 2.44. The lowest BCUT2D eigenvalue weighted by atomic mass is 10.4. The molecule has 0 bridgehead atoms. The van der Waals surface area contributed by atoms with E-state index in [9.17, 15) is 0 Å². The highest BCUT2D eigenvalue weighted by molar-refractivity contribution is 5.14. The molecule has 1 heterocycles. The third-order valence-corrected chi connectivity index (χ3v) is 1.69. The molecule has 0 radical (unpaired) electrons. The van der Waals surface area contributed by atoms with Gasteiger partial charge in [-0.3, -0.25) is 0 Å². The molecule has 1 aromatic heterocycles. The fraction of sp³-hybridized carbons (Fsp3) is 0.667. The quantitative estimate of drug-likeness (QED) is 0.497. The number of nitrogens with zero attached hydrogens (tertiary/aromatic N) is 3. The highest BCUT2D eigenvalue weighted by atomic mass is 15.5. The molecule has 1 aromatic rings. The van der Waals surface area contributed by atoms with Gasteiger partial charge in [0, 0.05) is 7.05 Å². The van der Waals surface area contributed by atoms with E-state index in [4.69, 9.17) is 0 Å². The van der Waals surface area contributed by atoms with Crippen molar-refractivity contribution in [2.45, 2.75) is 19.3 Å². The van der Waals surface area contributed by atoms with Crippen LogP contribution in [-0.4, -0.2) is 15.0 Å². The number of hydrogen-bond donors (Lipinski definition) is 0. The number of aromatic nitrogens is 3. The summed E-state index contributed by atoms with van der Waals surface area (Å²) in [5.41, 5.74) is 2.41. The minimum absolute atomic E-state index is 1.13. The Kier molecular flexibility index (Phi) is 0.860. The molecule has 0 unspecified atom stereocenters. The van der Waals surface area contributed by atoms with Gasteiger partial charge in [-0.05, 0) is 19.3 Å². The SMILES string of the molecule is Cn1nc2c(n1)CCC2. The summed E-state index contributed by atoms with van der Waals surface area (Å²) in [7, 11) is 1.87. The molecule has 0 saturated heterocycles. The Morgan fingerprint density at radius 2 is 1.78 bits per heavy atom. The minimum Gasteiger partial charge on any atom is -0.188 e. The molecule has 0 fully saturated rings. The molecule has 1 aliphatic rings. The first kappa shape index (κ1) is 4.97. The zero-order valence-electron chi connectivity index (χ0n) is 5.46. The summed E-state index contributed by atoms with van der Waals surface area (Å²) in [5, 5.41) is 8.39. The maximum atomic E-state index is 4.20. The highest BCUT2D eigenvalue weighted by Crippen LogP contribution is 2.15. The second-order valence-corrected chi connectivity index (χ2v) is 2.44. The van der Waals surface area contributed by atoms with Crippen molar-refractivity contribution in [3.05, 3.63) is 11.4 Å². The van der Waals surface area contributed by atoms with Crippen LogP contribution in [0.3, 0.4) is 0 Å². The summed E-state index contributed by atoms with van der Waals surface area (Å²) in [5.74, 6) is 0. The zero-order chi connectivity index (χ0) is 6.27. The lowest BCUT2D eigenvalue weighted by Gasteiger charge is -1.84. The van der Waals surface area contributed by atoms with E-state index in [-0.39, 0.29) is 0 Å². The van der Waals surface area contributed by atoms with Gasteiger partial charge >= 0.3 is 0 Å². The van der Waals surface area contributed by atoms with Gasteiger partial charge in [0.2, 0.25) is 0 Å². The first-order valence-corrected chi connectivity index (χ1v) is 3.25. The molecule has 0 spiro atoms. The molecule has 0 saturated carbocycles. The standard InChI is InChI=1S/C6H9N3/c1-9-7-5-3-2-4-6(5)8-9/h2-4H2,1H3. The Balaban J connectivity index is 2.51. The first-order valence-electron chi connectivity index (χ1n) is 3.25. The predicted octanol–water partition coefficient (Wildman–Crippen LogP) is 0.304. The van der Waals surface area contributed by atoms with E-state index >= 15 is 0 Å². The number of fused-ring (bicyclic) bond motifs is 1. The number of hydrogen-bond acceptors (Lipinski definition) is 2. The minimum atomic E-state index is 1.13. The van der Waals surface area contributed by atoms with Crippen LogP contribution in [0, 0.1) is 0 Å². The van der Waals surface area contributed by atoms with E-state index in [1.807, 2.05) is 7.05 Å². The largest absolute Gasteiger partial charge is 0.188 e. The van der Waals surface area contributed by atoms with Crippen molar-refractivity contribution in [1.29, 1.82) is 0 Å². The summed E-state index contributed by atoms with van der Waals surface area (Å²) in [4.78, 5) is 1.66. The van der Waals surface area contributed by atoms with E-state index in [0.717, 1.165) is 12.8 Å². The van der Waals surface area contributed by atoms with Gasteiger partial charge in [-0.25, -0.2) is 0 Å². The van der Waals surface area contributed by atoms with Gasteiger partial charge in [0.1, 0.15) is 0 Å². The molecule has 2 rings (SSSR count). The van der Waals surface area contributed by atoms with Gasteiger partial charge in [-0.2, -0.15) is 15.0 Å². The van der Waals surface area contributed by atoms with Crippen LogP contribution in [0.2, 0.25) is 0 Å². The average molecular weight is 123 g/mol. The van der Waals surface area contributed by atoms with Crippen LogP contribution in [0.5, 0.6) is 0 Å². The number of aryl methyl sites for hydroxylation is 3. The molecule has 3 nitrogen and oxygen atoms in total. The van der Waals surface area contributed by atoms with Gasteiger partial charge in [-0.15, -0.1) is 0 Å². The molecule has 0 amide bonds. The molecular formula is C6H9N3. The van der Waals surface area contributed by atoms with E-state index in [1.165, 1.54) is 17.8 Å². The summed E-state index contributed by atoms with van der Waals surface area (Å²) < 4.78 is 0. The second kappa shape index (κ2) is 1.56. The first-order chi connectivity index (χ1) is 4.36. The van der Waals surface area contributed by atoms with Crippen molar-refractivity contribution in [3.8, 4) is 0 Å². The van der Waals surface area contributed by atoms with Crippen molar-refractivity contribution >= 4 is 0 Å². The van der Waals surface area contributed by atoms with Crippen LogP contribution < -0.4 is 0 Å². The Labute approximate surface area is 53.7 Å². The summed E-state index contributed by atoms with van der Waals surface area (Å²) in [6.45, 7) is 0. The van der Waals surface area contributed by atoms with Crippen LogP contribution >= 0.6 is 0 Å². The Hall–Kier alpha value is -0.860. The van der Waals surface area contributed by atoms with Crippen molar-refractivity contribution < 1.29 is 0 Å². The van der Waals surface area contributed by atoms with Crippen molar-refractivity contribution in [3.63, 3.8) is 0 Å². The van der Waals surface area contributed by atoms with E-state index < -0.39 is 0 Å². The lowest BCUT2D eigenvalue weighted by Crippen LogP contribution is -1.94. The molecule has 48 valence electrons. The monoisotopic (exact) mass is 123 g/mol. The van der Waals surface area contributed by atoms with Crippen molar-refractivity contribution in [2.75, 3.05) is 0 Å². The van der Waals surface area contributed by atoms with Gasteiger partial charge in [0.05, 0.1) is 11.4 Å². The predicted molar refractivity (Wildman–Crippen MR) is 33.0 cm³/mol. The fourth-order valence-electron chi connectivity index (χ4n) is 1.30. The third-order valence-electron chi connectivity index (χ3n) is 1.69. The van der Waals surface area contributed by atoms with Crippen LogP contribution in [0.25, 0.3) is 0 Å². The average Bonchev–Trinajstić information content (AvgIpc) is 2.22. The van der Waals surface area contributed by atoms with Gasteiger partial charge in [-0.1, -0.05) is 0 Å². The molecule has 3 heteroatoms. The molecular weight excluding hydrogens is 114 g/mol. The van der Waals surface area contributed by atoms with Crippen LogP contribution in [-0.2, 0) is 19.9 Å². The molecule has 0 atom stereocenters. The lowest BCUT2D eigenvalue weighted by molar-refractivity contribution is 0.624. The van der Waals surface area contributed by atoms with Gasteiger partial charge in [0.25, 0.3) is 0 Å². The Morgan fingerprint density at radius 1 is 1.22 bits per heavy atom.